The molecule has 0 radical (unpaired) electrons. The number of amides is 1. The number of aryl methyl sites for hydroxylation is 1. The third kappa shape index (κ3) is 4.84. The van der Waals surface area contributed by atoms with Crippen LogP contribution in [0.2, 0.25) is 0 Å². The molecule has 1 saturated heterocycles. The molecule has 8 heteroatoms. The normalized spacial score (nSPS) is 14.0. The number of nitrogens with zero attached hydrogens (tertiary/aromatic N) is 6. The number of hydrogen-bond donors (Lipinski definition) is 0. The highest BCUT2D eigenvalue weighted by atomic mass is 32.2. The van der Waals surface area contributed by atoms with Gasteiger partial charge in [0.25, 0.3) is 0 Å². The van der Waals surface area contributed by atoms with Gasteiger partial charge in [-0.2, -0.15) is 5.26 Å². The summed E-state index contributed by atoms with van der Waals surface area (Å²) in [5, 5.41) is 18.3. The third-order valence-electron chi connectivity index (χ3n) is 4.86. The second-order valence-electron chi connectivity index (χ2n) is 7.01. The molecule has 1 aliphatic heterocycles. The Bertz CT molecular complexity index is 835. The van der Waals surface area contributed by atoms with Gasteiger partial charge in [-0.05, 0) is 38.3 Å². The molecular weight excluding hydrogens is 372 g/mol. The van der Waals surface area contributed by atoms with E-state index in [0.717, 1.165) is 37.6 Å². The fourth-order valence-electron chi connectivity index (χ4n) is 3.15. The average molecular weight is 399 g/mol. The summed E-state index contributed by atoms with van der Waals surface area (Å²) in [6.45, 7) is 4.46. The van der Waals surface area contributed by atoms with Crippen LogP contribution in [0.1, 0.15) is 31.2 Å². The smallest absolute Gasteiger partial charge is 0.232 e. The Morgan fingerprint density at radius 1 is 1.21 bits per heavy atom. The summed E-state index contributed by atoms with van der Waals surface area (Å²) in [5.41, 5.74) is 2.20. The lowest BCUT2D eigenvalue weighted by atomic mass is 10.1. The molecule has 0 bridgehead atoms. The predicted molar refractivity (Wildman–Crippen MR) is 111 cm³/mol. The largest absolute Gasteiger partial charge is 0.344 e. The van der Waals surface area contributed by atoms with E-state index in [2.05, 4.69) is 56.9 Å². The SMILES string of the molecule is Cc1ccc(-n2c(SCC(=O)N(C)CCC#N)nnc2N2CCCCC2)cc1. The quantitative estimate of drug-likeness (QED) is 0.667. The molecule has 7 nitrogen and oxygen atoms in total. The molecule has 0 unspecified atom stereocenters. The molecule has 28 heavy (non-hydrogen) atoms. The van der Waals surface area contributed by atoms with Crippen molar-refractivity contribution in [2.45, 2.75) is 37.8 Å². The van der Waals surface area contributed by atoms with Gasteiger partial charge < -0.3 is 9.80 Å². The predicted octanol–water partition coefficient (Wildman–Crippen LogP) is 3.03. The van der Waals surface area contributed by atoms with Crippen LogP contribution in [0.5, 0.6) is 0 Å². The molecule has 2 heterocycles. The number of hydrogen-bond acceptors (Lipinski definition) is 6. The van der Waals surface area contributed by atoms with Crippen LogP contribution in [0, 0.1) is 18.3 Å². The van der Waals surface area contributed by atoms with Gasteiger partial charge in [0.05, 0.1) is 23.9 Å². The van der Waals surface area contributed by atoms with Gasteiger partial charge in [0.2, 0.25) is 11.9 Å². The molecular formula is C20H26N6OS. The summed E-state index contributed by atoms with van der Waals surface area (Å²) in [4.78, 5) is 16.2. The van der Waals surface area contributed by atoms with E-state index in [-0.39, 0.29) is 11.7 Å². The number of piperidine rings is 1. The van der Waals surface area contributed by atoms with Crippen molar-refractivity contribution in [2.75, 3.05) is 37.3 Å². The molecule has 1 amide bonds. The van der Waals surface area contributed by atoms with E-state index in [4.69, 9.17) is 5.26 Å². The Balaban J connectivity index is 1.82. The highest BCUT2D eigenvalue weighted by Gasteiger charge is 2.22. The number of rotatable bonds is 7. The number of benzene rings is 1. The molecule has 1 aromatic carbocycles. The van der Waals surface area contributed by atoms with E-state index >= 15 is 0 Å². The molecule has 2 aromatic rings. The Labute approximate surface area is 170 Å². The Kier molecular flexibility index (Phi) is 6.93. The Morgan fingerprint density at radius 3 is 2.61 bits per heavy atom. The molecule has 1 fully saturated rings. The van der Waals surface area contributed by atoms with Gasteiger partial charge in [-0.25, -0.2) is 0 Å². The summed E-state index contributed by atoms with van der Waals surface area (Å²) in [6, 6.07) is 10.4. The fourth-order valence-corrected chi connectivity index (χ4v) is 4.04. The Morgan fingerprint density at radius 2 is 1.93 bits per heavy atom. The van der Waals surface area contributed by atoms with Crippen LogP contribution in [-0.4, -0.2) is 58.0 Å². The number of thioether (sulfide) groups is 1. The second kappa shape index (κ2) is 9.60. The van der Waals surface area contributed by atoms with Gasteiger partial charge >= 0.3 is 0 Å². The molecule has 0 spiro atoms. The van der Waals surface area contributed by atoms with Crippen LogP contribution in [0.4, 0.5) is 5.95 Å². The maximum Gasteiger partial charge on any atom is 0.232 e. The zero-order valence-electron chi connectivity index (χ0n) is 16.5. The Hall–Kier alpha value is -2.53. The number of anilines is 1. The summed E-state index contributed by atoms with van der Waals surface area (Å²) in [7, 11) is 1.73. The third-order valence-corrected chi connectivity index (χ3v) is 5.77. The minimum atomic E-state index is -0.0155. The van der Waals surface area contributed by atoms with Crippen LogP contribution in [0.25, 0.3) is 5.69 Å². The lowest BCUT2D eigenvalue weighted by molar-refractivity contribution is -0.127. The van der Waals surface area contributed by atoms with E-state index in [1.54, 1.807) is 11.9 Å². The van der Waals surface area contributed by atoms with E-state index < -0.39 is 0 Å². The first-order chi connectivity index (χ1) is 13.6. The molecule has 3 rings (SSSR count). The van der Waals surface area contributed by atoms with Gasteiger partial charge in [0, 0.05) is 26.7 Å². The van der Waals surface area contributed by atoms with Crippen LogP contribution >= 0.6 is 11.8 Å². The number of carbonyl (C=O) groups is 1. The molecule has 1 aromatic heterocycles. The van der Waals surface area contributed by atoms with Crippen molar-refractivity contribution in [1.29, 1.82) is 5.26 Å². The zero-order valence-corrected chi connectivity index (χ0v) is 17.3. The molecule has 0 N–H and O–H groups in total. The van der Waals surface area contributed by atoms with Crippen molar-refractivity contribution in [3.63, 3.8) is 0 Å². The van der Waals surface area contributed by atoms with E-state index in [1.165, 1.54) is 23.7 Å². The molecule has 1 aliphatic rings. The monoisotopic (exact) mass is 398 g/mol. The van der Waals surface area contributed by atoms with Crippen LogP contribution in [0.3, 0.4) is 0 Å². The topological polar surface area (TPSA) is 78.0 Å². The fraction of sp³-hybridized carbons (Fsp3) is 0.500. The van der Waals surface area contributed by atoms with Gasteiger partial charge in [0.15, 0.2) is 5.16 Å². The molecule has 0 atom stereocenters. The van der Waals surface area contributed by atoms with Crippen molar-refractivity contribution in [3.8, 4) is 11.8 Å². The van der Waals surface area contributed by atoms with Crippen LogP contribution in [-0.2, 0) is 4.79 Å². The summed E-state index contributed by atoms with van der Waals surface area (Å²) < 4.78 is 2.05. The lowest BCUT2D eigenvalue weighted by Crippen LogP contribution is -2.32. The van der Waals surface area contributed by atoms with Crippen LogP contribution in [0.15, 0.2) is 29.4 Å². The second-order valence-corrected chi connectivity index (χ2v) is 7.96. The van der Waals surface area contributed by atoms with Crippen molar-refractivity contribution >= 4 is 23.6 Å². The first-order valence-corrected chi connectivity index (χ1v) is 10.6. The van der Waals surface area contributed by atoms with Gasteiger partial charge in [-0.1, -0.05) is 29.5 Å². The molecule has 0 aliphatic carbocycles. The van der Waals surface area contributed by atoms with Gasteiger partial charge in [0.1, 0.15) is 0 Å². The summed E-state index contributed by atoms with van der Waals surface area (Å²) in [5.74, 6) is 1.10. The highest BCUT2D eigenvalue weighted by molar-refractivity contribution is 7.99. The van der Waals surface area contributed by atoms with E-state index in [0.29, 0.717) is 18.1 Å². The minimum absolute atomic E-state index is 0.0155. The van der Waals surface area contributed by atoms with Crippen molar-refractivity contribution in [1.82, 2.24) is 19.7 Å². The van der Waals surface area contributed by atoms with Crippen LogP contribution < -0.4 is 4.90 Å². The summed E-state index contributed by atoms with van der Waals surface area (Å²) >= 11 is 1.39. The van der Waals surface area contributed by atoms with Crippen molar-refractivity contribution < 1.29 is 4.79 Å². The number of aromatic nitrogens is 3. The average Bonchev–Trinajstić information content (AvgIpc) is 3.15. The minimum Gasteiger partial charge on any atom is -0.344 e. The van der Waals surface area contributed by atoms with Crippen molar-refractivity contribution in [2.24, 2.45) is 0 Å². The lowest BCUT2D eigenvalue weighted by Gasteiger charge is -2.27. The number of nitriles is 1. The standard InChI is InChI=1S/C20H26N6OS/c1-16-7-9-17(10-8-16)26-19(25-13-4-3-5-14-25)22-23-20(26)28-15-18(27)24(2)12-6-11-21/h7-10H,3-6,12-15H2,1-2H3. The molecule has 148 valence electrons. The highest BCUT2D eigenvalue weighted by Crippen LogP contribution is 2.28. The van der Waals surface area contributed by atoms with Gasteiger partial charge in [-0.15, -0.1) is 10.2 Å². The zero-order chi connectivity index (χ0) is 19.9. The van der Waals surface area contributed by atoms with E-state index in [1.807, 2.05) is 0 Å². The maximum absolute atomic E-state index is 12.4. The number of carbonyl (C=O) groups excluding carboxylic acids is 1. The maximum atomic E-state index is 12.4. The van der Waals surface area contributed by atoms with Crippen molar-refractivity contribution in [3.05, 3.63) is 29.8 Å². The first kappa shape index (κ1) is 20.2. The van der Waals surface area contributed by atoms with Gasteiger partial charge in [-0.3, -0.25) is 9.36 Å². The molecule has 0 saturated carbocycles. The first-order valence-electron chi connectivity index (χ1n) is 9.61. The van der Waals surface area contributed by atoms with E-state index in [9.17, 15) is 4.79 Å². The summed E-state index contributed by atoms with van der Waals surface area (Å²) in [6.07, 6.45) is 3.91.